The average molecular weight is 236 g/mol. The number of hydrogen-bond donors (Lipinski definition) is 1. The Hall–Kier alpha value is -1.69. The van der Waals surface area contributed by atoms with Gasteiger partial charge in [-0.15, -0.1) is 0 Å². The predicted octanol–water partition coefficient (Wildman–Crippen LogP) is 0.191. The van der Waals surface area contributed by atoms with Gasteiger partial charge in [0.15, 0.2) is 0 Å². The maximum absolute atomic E-state index is 11.1. The molecular formula is C11H16N4O2. The summed E-state index contributed by atoms with van der Waals surface area (Å²) in [5, 5.41) is 0. The first-order valence-electron chi connectivity index (χ1n) is 5.60. The van der Waals surface area contributed by atoms with Crippen LogP contribution in [0.2, 0.25) is 0 Å². The van der Waals surface area contributed by atoms with E-state index in [0.29, 0.717) is 12.6 Å². The van der Waals surface area contributed by atoms with E-state index in [1.54, 1.807) is 13.2 Å². The molecule has 6 nitrogen and oxygen atoms in total. The molecule has 0 radical (unpaired) electrons. The molecular weight excluding hydrogens is 220 g/mol. The number of carbonyl (C=O) groups excluding carboxylic acids is 1. The van der Waals surface area contributed by atoms with E-state index in [0.717, 1.165) is 25.2 Å². The second-order valence-corrected chi connectivity index (χ2v) is 4.07. The predicted molar refractivity (Wildman–Crippen MR) is 62.8 cm³/mol. The Bertz CT molecular complexity index is 410. The zero-order valence-corrected chi connectivity index (χ0v) is 9.80. The maximum Gasteiger partial charge on any atom is 0.267 e. The second-order valence-electron chi connectivity index (χ2n) is 4.07. The summed E-state index contributed by atoms with van der Waals surface area (Å²) in [6.07, 6.45) is 3.55. The number of primary amides is 1. The van der Waals surface area contributed by atoms with E-state index in [-0.39, 0.29) is 5.69 Å². The van der Waals surface area contributed by atoms with Crippen LogP contribution in [-0.2, 0) is 4.74 Å². The number of carbonyl (C=O) groups is 1. The number of nitrogens with two attached hydrogens (primary N) is 1. The third-order valence-electron chi connectivity index (χ3n) is 2.94. The lowest BCUT2D eigenvalue weighted by atomic mass is 10.2. The topological polar surface area (TPSA) is 81.3 Å². The molecule has 0 bridgehead atoms. The van der Waals surface area contributed by atoms with Gasteiger partial charge in [0.25, 0.3) is 5.91 Å². The molecule has 6 heteroatoms. The Balaban J connectivity index is 2.21. The van der Waals surface area contributed by atoms with Crippen molar-refractivity contribution < 1.29 is 9.53 Å². The molecule has 1 atom stereocenters. The lowest BCUT2D eigenvalue weighted by Gasteiger charge is -2.24. The van der Waals surface area contributed by atoms with E-state index in [4.69, 9.17) is 10.5 Å². The summed E-state index contributed by atoms with van der Waals surface area (Å²) in [5.74, 6) is 0.212. The molecule has 1 amide bonds. The first kappa shape index (κ1) is 11.8. The van der Waals surface area contributed by atoms with Crippen molar-refractivity contribution in [1.82, 2.24) is 9.97 Å². The fourth-order valence-corrected chi connectivity index (χ4v) is 2.14. The van der Waals surface area contributed by atoms with Gasteiger partial charge >= 0.3 is 0 Å². The van der Waals surface area contributed by atoms with Gasteiger partial charge in [-0.25, -0.2) is 9.97 Å². The fourth-order valence-electron chi connectivity index (χ4n) is 2.14. The van der Waals surface area contributed by atoms with E-state index in [9.17, 15) is 4.79 Å². The molecule has 1 aliphatic rings. The van der Waals surface area contributed by atoms with E-state index in [1.807, 2.05) is 0 Å². The molecule has 2 heterocycles. The molecule has 92 valence electrons. The molecule has 1 unspecified atom stereocenters. The van der Waals surface area contributed by atoms with Gasteiger partial charge in [0.1, 0.15) is 17.8 Å². The number of anilines is 1. The summed E-state index contributed by atoms with van der Waals surface area (Å²) in [7, 11) is 1.69. The van der Waals surface area contributed by atoms with Crippen molar-refractivity contribution in [3.63, 3.8) is 0 Å². The number of ether oxygens (including phenoxy) is 1. The van der Waals surface area contributed by atoms with Gasteiger partial charge in [0, 0.05) is 19.7 Å². The fraction of sp³-hybridized carbons (Fsp3) is 0.545. The first-order valence-corrected chi connectivity index (χ1v) is 5.60. The minimum atomic E-state index is -0.531. The molecule has 0 spiro atoms. The van der Waals surface area contributed by atoms with Crippen LogP contribution >= 0.6 is 0 Å². The van der Waals surface area contributed by atoms with Crippen LogP contribution in [0.25, 0.3) is 0 Å². The van der Waals surface area contributed by atoms with Crippen molar-refractivity contribution >= 4 is 11.7 Å². The van der Waals surface area contributed by atoms with Crippen molar-refractivity contribution in [3.8, 4) is 0 Å². The molecule has 0 saturated carbocycles. The van der Waals surface area contributed by atoms with Crippen LogP contribution < -0.4 is 10.6 Å². The number of amides is 1. The summed E-state index contributed by atoms with van der Waals surface area (Å²) in [6.45, 7) is 1.58. The highest BCUT2D eigenvalue weighted by atomic mass is 16.5. The molecule has 0 aromatic carbocycles. The number of aromatic nitrogens is 2. The van der Waals surface area contributed by atoms with Crippen molar-refractivity contribution in [2.75, 3.05) is 25.2 Å². The highest BCUT2D eigenvalue weighted by Gasteiger charge is 2.25. The average Bonchev–Trinajstić information content (AvgIpc) is 2.78. The van der Waals surface area contributed by atoms with E-state index in [2.05, 4.69) is 14.9 Å². The molecule has 17 heavy (non-hydrogen) atoms. The zero-order chi connectivity index (χ0) is 12.3. The van der Waals surface area contributed by atoms with Crippen LogP contribution in [0.1, 0.15) is 23.3 Å². The Morgan fingerprint density at radius 2 is 2.47 bits per heavy atom. The van der Waals surface area contributed by atoms with Crippen LogP contribution in [0.15, 0.2) is 12.4 Å². The SMILES string of the molecule is COCC1CCCN1c1cc(C(N)=O)ncn1. The molecule has 2 N–H and O–H groups in total. The molecule has 2 rings (SSSR count). The van der Waals surface area contributed by atoms with Gasteiger partial charge in [-0.1, -0.05) is 0 Å². The molecule has 1 fully saturated rings. The van der Waals surface area contributed by atoms with Crippen LogP contribution in [-0.4, -0.2) is 42.2 Å². The summed E-state index contributed by atoms with van der Waals surface area (Å²) in [4.78, 5) is 21.2. The summed E-state index contributed by atoms with van der Waals surface area (Å²) in [5.41, 5.74) is 5.45. The third kappa shape index (κ3) is 2.52. The van der Waals surface area contributed by atoms with Crippen molar-refractivity contribution in [3.05, 3.63) is 18.1 Å². The van der Waals surface area contributed by atoms with Crippen molar-refractivity contribution in [2.24, 2.45) is 5.73 Å². The van der Waals surface area contributed by atoms with Crippen LogP contribution in [0, 0.1) is 0 Å². The molecule has 1 aromatic rings. The molecule has 1 aliphatic heterocycles. The quantitative estimate of drug-likeness (QED) is 0.807. The largest absolute Gasteiger partial charge is 0.383 e. The van der Waals surface area contributed by atoms with Crippen LogP contribution in [0.3, 0.4) is 0 Å². The second kappa shape index (κ2) is 5.09. The standard InChI is InChI=1S/C11H16N4O2/c1-17-6-8-3-2-4-15(8)10-5-9(11(12)16)13-7-14-10/h5,7-8H,2-4,6H2,1H3,(H2,12,16). The van der Waals surface area contributed by atoms with Gasteiger partial charge in [-0.05, 0) is 12.8 Å². The van der Waals surface area contributed by atoms with Crippen molar-refractivity contribution in [1.29, 1.82) is 0 Å². The molecule has 0 aliphatic carbocycles. The lowest BCUT2D eigenvalue weighted by Crippen LogP contribution is -2.33. The van der Waals surface area contributed by atoms with Gasteiger partial charge < -0.3 is 15.4 Å². The molecule has 1 aromatic heterocycles. The normalized spacial score (nSPS) is 19.6. The van der Waals surface area contributed by atoms with Crippen LogP contribution in [0.4, 0.5) is 5.82 Å². The lowest BCUT2D eigenvalue weighted by molar-refractivity contribution is 0.0995. The molecule has 1 saturated heterocycles. The number of hydrogen-bond acceptors (Lipinski definition) is 5. The number of methoxy groups -OCH3 is 1. The maximum atomic E-state index is 11.1. The summed E-state index contributed by atoms with van der Waals surface area (Å²) < 4.78 is 5.18. The zero-order valence-electron chi connectivity index (χ0n) is 9.80. The number of rotatable bonds is 4. The van der Waals surface area contributed by atoms with E-state index < -0.39 is 5.91 Å². The Morgan fingerprint density at radius 3 is 3.18 bits per heavy atom. The Kier molecular flexibility index (Phi) is 3.53. The monoisotopic (exact) mass is 236 g/mol. The van der Waals surface area contributed by atoms with Gasteiger partial charge in [-0.3, -0.25) is 4.79 Å². The van der Waals surface area contributed by atoms with E-state index in [1.165, 1.54) is 6.33 Å². The smallest absolute Gasteiger partial charge is 0.267 e. The third-order valence-corrected chi connectivity index (χ3v) is 2.94. The highest BCUT2D eigenvalue weighted by Crippen LogP contribution is 2.23. The minimum absolute atomic E-state index is 0.248. The Labute approximate surface area is 99.8 Å². The first-order chi connectivity index (χ1) is 8.22. The van der Waals surface area contributed by atoms with E-state index >= 15 is 0 Å². The number of nitrogens with zero attached hydrogens (tertiary/aromatic N) is 3. The van der Waals surface area contributed by atoms with Crippen LogP contribution in [0.5, 0.6) is 0 Å². The van der Waals surface area contributed by atoms with Crippen molar-refractivity contribution in [2.45, 2.75) is 18.9 Å². The summed E-state index contributed by atoms with van der Waals surface area (Å²) >= 11 is 0. The summed E-state index contributed by atoms with van der Waals surface area (Å²) in [6, 6.07) is 1.95. The highest BCUT2D eigenvalue weighted by molar-refractivity contribution is 5.91. The Morgan fingerprint density at radius 1 is 1.65 bits per heavy atom. The van der Waals surface area contributed by atoms with Gasteiger partial charge in [-0.2, -0.15) is 0 Å². The minimum Gasteiger partial charge on any atom is -0.383 e. The van der Waals surface area contributed by atoms with Gasteiger partial charge in [0.05, 0.1) is 12.6 Å². The van der Waals surface area contributed by atoms with Gasteiger partial charge in [0.2, 0.25) is 0 Å².